The van der Waals surface area contributed by atoms with E-state index in [1.54, 1.807) is 30.5 Å². The summed E-state index contributed by atoms with van der Waals surface area (Å²) in [5, 5.41) is 10.6. The molecule has 1 aromatic heterocycles. The summed E-state index contributed by atoms with van der Waals surface area (Å²) in [6.45, 7) is 2.45. The number of nitrogens with zero attached hydrogens (tertiary/aromatic N) is 2. The predicted molar refractivity (Wildman–Crippen MR) is 104 cm³/mol. The van der Waals surface area contributed by atoms with Crippen LogP contribution in [0.1, 0.15) is 28.8 Å². The highest BCUT2D eigenvalue weighted by Crippen LogP contribution is 2.38. The van der Waals surface area contributed by atoms with Gasteiger partial charge in [0.15, 0.2) is 0 Å². The molecule has 0 amide bonds. The van der Waals surface area contributed by atoms with Gasteiger partial charge in [0.25, 0.3) is 0 Å². The quantitative estimate of drug-likeness (QED) is 0.778. The van der Waals surface area contributed by atoms with Crippen molar-refractivity contribution in [2.24, 2.45) is 11.8 Å². The first kappa shape index (κ1) is 19.8. The zero-order chi connectivity index (χ0) is 20.4. The van der Waals surface area contributed by atoms with Crippen LogP contribution in [-0.2, 0) is 11.3 Å². The molecule has 4 rings (SSSR count). The number of benzene rings is 1. The molecule has 2 fully saturated rings. The molecule has 1 saturated heterocycles. The number of carbonyl (C=O) groups excluding carboxylic acids is 1. The number of likely N-dealkylation sites (tertiary alicyclic amines) is 1. The second kappa shape index (κ2) is 8.47. The third kappa shape index (κ3) is 4.57. The first-order valence-corrected chi connectivity index (χ1v) is 9.86. The normalized spacial score (nSPS) is 26.7. The molecular weight excluding hydrogens is 375 g/mol. The third-order valence-electron chi connectivity index (χ3n) is 5.89. The highest BCUT2D eigenvalue weighted by atomic mass is 19.1. The summed E-state index contributed by atoms with van der Waals surface area (Å²) in [6, 6.07) is 8.28. The zero-order valence-corrected chi connectivity index (χ0v) is 16.3. The van der Waals surface area contributed by atoms with Gasteiger partial charge in [-0.3, -0.25) is 9.88 Å². The number of aliphatic hydroxyl groups excluding tert-OH is 1. The zero-order valence-electron chi connectivity index (χ0n) is 16.3. The highest BCUT2D eigenvalue weighted by Gasteiger charge is 2.42. The van der Waals surface area contributed by atoms with Crippen LogP contribution in [0.5, 0.6) is 5.75 Å². The van der Waals surface area contributed by atoms with Crippen molar-refractivity contribution in [1.29, 1.82) is 0 Å². The smallest absolute Gasteiger partial charge is 0.337 e. The topological polar surface area (TPSA) is 71.9 Å². The van der Waals surface area contributed by atoms with Gasteiger partial charge in [-0.15, -0.1) is 0 Å². The molecule has 1 saturated carbocycles. The Morgan fingerprint density at radius 1 is 1.21 bits per heavy atom. The van der Waals surface area contributed by atoms with Crippen LogP contribution >= 0.6 is 0 Å². The highest BCUT2D eigenvalue weighted by molar-refractivity contribution is 5.89. The first-order chi connectivity index (χ1) is 14.0. The predicted octanol–water partition coefficient (Wildman–Crippen LogP) is 2.66. The molecule has 6 nitrogen and oxygen atoms in total. The van der Waals surface area contributed by atoms with E-state index in [4.69, 9.17) is 9.47 Å². The molecule has 2 heterocycles. The number of aromatic nitrogens is 1. The molecule has 0 spiro atoms. The molecule has 1 aliphatic carbocycles. The Kier molecular flexibility index (Phi) is 5.78. The Balaban J connectivity index is 1.36. The maximum atomic E-state index is 13.4. The van der Waals surface area contributed by atoms with E-state index in [0.29, 0.717) is 36.1 Å². The summed E-state index contributed by atoms with van der Waals surface area (Å²) in [5.74, 6) is 0.756. The molecule has 0 unspecified atom stereocenters. The molecule has 1 N–H and O–H groups in total. The van der Waals surface area contributed by atoms with Crippen molar-refractivity contribution in [3.05, 3.63) is 59.7 Å². The minimum atomic E-state index is -0.535. The number of esters is 1. The molecule has 7 heteroatoms. The summed E-state index contributed by atoms with van der Waals surface area (Å²) in [6.07, 6.45) is 3.55. The average Bonchev–Trinajstić information content (AvgIpc) is 3.09. The van der Waals surface area contributed by atoms with Gasteiger partial charge >= 0.3 is 5.97 Å². The second-order valence-electron chi connectivity index (χ2n) is 7.94. The van der Waals surface area contributed by atoms with Crippen LogP contribution in [0, 0.1) is 17.7 Å². The number of carbonyl (C=O) groups is 1. The minimum absolute atomic E-state index is 0.281. The standard InChI is InChI=1S/C22H25FN2O4/c1-28-22(27)15-2-4-19(5-3-15)29-21-8-17-13-25(12-16(17)7-20(21)26)11-14-6-18(23)10-24-9-14/h2-6,9-10,16-17,20-21,26H,7-8,11-13H2,1H3/t16-,17+,20-,21-/m0/s1. The van der Waals surface area contributed by atoms with E-state index >= 15 is 0 Å². The molecule has 2 aliphatic rings. The Bertz CT molecular complexity index is 860. The lowest BCUT2D eigenvalue weighted by atomic mass is 9.78. The van der Waals surface area contributed by atoms with Gasteiger partial charge in [-0.1, -0.05) is 0 Å². The summed E-state index contributed by atoms with van der Waals surface area (Å²) in [5.41, 5.74) is 1.32. The van der Waals surface area contributed by atoms with Gasteiger partial charge in [0.1, 0.15) is 17.7 Å². The number of rotatable bonds is 5. The summed E-state index contributed by atoms with van der Waals surface area (Å²) >= 11 is 0. The monoisotopic (exact) mass is 400 g/mol. The first-order valence-electron chi connectivity index (χ1n) is 9.86. The fourth-order valence-corrected chi connectivity index (χ4v) is 4.51. The van der Waals surface area contributed by atoms with Crippen LogP contribution in [0.2, 0.25) is 0 Å². The third-order valence-corrected chi connectivity index (χ3v) is 5.89. The van der Waals surface area contributed by atoms with Crippen molar-refractivity contribution in [2.45, 2.75) is 31.6 Å². The largest absolute Gasteiger partial charge is 0.488 e. The van der Waals surface area contributed by atoms with E-state index in [2.05, 4.69) is 9.88 Å². The number of aliphatic hydroxyl groups is 1. The Hall–Kier alpha value is -2.51. The molecule has 0 radical (unpaired) electrons. The van der Waals surface area contributed by atoms with Crippen LogP contribution in [-0.4, -0.2) is 53.4 Å². The van der Waals surface area contributed by atoms with E-state index in [1.807, 2.05) is 0 Å². The molecular formula is C22H25FN2O4. The van der Waals surface area contributed by atoms with E-state index < -0.39 is 12.1 Å². The van der Waals surface area contributed by atoms with Gasteiger partial charge in [-0.05, 0) is 60.6 Å². The van der Waals surface area contributed by atoms with E-state index in [-0.39, 0.29) is 11.9 Å². The Morgan fingerprint density at radius 3 is 2.62 bits per heavy atom. The van der Waals surface area contributed by atoms with Crippen LogP contribution < -0.4 is 4.74 Å². The van der Waals surface area contributed by atoms with Crippen molar-refractivity contribution < 1.29 is 23.8 Å². The molecule has 29 heavy (non-hydrogen) atoms. The lowest BCUT2D eigenvalue weighted by molar-refractivity contribution is -0.0231. The van der Waals surface area contributed by atoms with Crippen LogP contribution in [0.4, 0.5) is 4.39 Å². The van der Waals surface area contributed by atoms with E-state index in [1.165, 1.54) is 19.4 Å². The van der Waals surface area contributed by atoms with Crippen LogP contribution in [0.3, 0.4) is 0 Å². The molecule has 2 aromatic rings. The average molecular weight is 400 g/mol. The maximum Gasteiger partial charge on any atom is 0.337 e. The van der Waals surface area contributed by atoms with Crippen LogP contribution in [0.15, 0.2) is 42.7 Å². The summed E-state index contributed by atoms with van der Waals surface area (Å²) in [7, 11) is 1.34. The van der Waals surface area contributed by atoms with Crippen molar-refractivity contribution in [2.75, 3.05) is 20.2 Å². The van der Waals surface area contributed by atoms with Gasteiger partial charge < -0.3 is 14.6 Å². The van der Waals surface area contributed by atoms with Gasteiger partial charge in [-0.2, -0.15) is 0 Å². The lowest BCUT2D eigenvalue weighted by Gasteiger charge is -2.35. The number of fused-ring (bicyclic) bond motifs is 1. The number of methoxy groups -OCH3 is 1. The fraction of sp³-hybridized carbons (Fsp3) is 0.455. The van der Waals surface area contributed by atoms with Gasteiger partial charge in [0.05, 0.1) is 25.0 Å². The molecule has 4 atom stereocenters. The van der Waals surface area contributed by atoms with Crippen LogP contribution in [0.25, 0.3) is 0 Å². The molecule has 0 bridgehead atoms. The Morgan fingerprint density at radius 2 is 1.93 bits per heavy atom. The number of hydrogen-bond acceptors (Lipinski definition) is 6. The van der Waals surface area contributed by atoms with E-state index in [0.717, 1.165) is 25.1 Å². The number of halogens is 1. The lowest BCUT2D eigenvalue weighted by Crippen LogP contribution is -2.42. The van der Waals surface area contributed by atoms with Crippen molar-refractivity contribution >= 4 is 5.97 Å². The maximum absolute atomic E-state index is 13.4. The van der Waals surface area contributed by atoms with Gasteiger partial charge in [0.2, 0.25) is 0 Å². The second-order valence-corrected chi connectivity index (χ2v) is 7.94. The van der Waals surface area contributed by atoms with Crippen molar-refractivity contribution in [1.82, 2.24) is 9.88 Å². The number of hydrogen-bond donors (Lipinski definition) is 1. The van der Waals surface area contributed by atoms with E-state index in [9.17, 15) is 14.3 Å². The fourth-order valence-electron chi connectivity index (χ4n) is 4.51. The van der Waals surface area contributed by atoms with Gasteiger partial charge in [-0.25, -0.2) is 9.18 Å². The summed E-state index contributed by atoms with van der Waals surface area (Å²) < 4.78 is 24.1. The summed E-state index contributed by atoms with van der Waals surface area (Å²) in [4.78, 5) is 17.8. The molecule has 154 valence electrons. The minimum Gasteiger partial charge on any atom is -0.488 e. The Labute approximate surface area is 169 Å². The number of ether oxygens (including phenoxy) is 2. The molecule has 1 aromatic carbocycles. The van der Waals surface area contributed by atoms with Crippen molar-refractivity contribution in [3.8, 4) is 5.75 Å². The van der Waals surface area contributed by atoms with Crippen molar-refractivity contribution in [3.63, 3.8) is 0 Å². The molecule has 1 aliphatic heterocycles. The number of pyridine rings is 1. The SMILES string of the molecule is COC(=O)c1ccc(O[C@H]2C[C@@H]3CN(Cc4cncc(F)c4)C[C@@H]3C[C@@H]2O)cc1. The van der Waals surface area contributed by atoms with Gasteiger partial charge in [0, 0.05) is 25.8 Å².